The number of aromatic nitrogens is 2. The van der Waals surface area contributed by atoms with E-state index in [0.29, 0.717) is 6.04 Å². The molecule has 1 aromatic heterocycles. The van der Waals surface area contributed by atoms with Gasteiger partial charge < -0.3 is 14.6 Å². The number of imidazole rings is 1. The molecular weight excluding hydrogens is 238 g/mol. The van der Waals surface area contributed by atoms with E-state index in [0.717, 1.165) is 52.0 Å². The van der Waals surface area contributed by atoms with Crippen molar-refractivity contribution < 1.29 is 4.74 Å². The number of rotatable bonds is 11. The van der Waals surface area contributed by atoms with Crippen molar-refractivity contribution >= 4 is 0 Å². The molecule has 1 atom stereocenters. The van der Waals surface area contributed by atoms with Gasteiger partial charge in [0, 0.05) is 44.6 Å². The zero-order valence-electron chi connectivity index (χ0n) is 12.7. The van der Waals surface area contributed by atoms with Crippen LogP contribution in [0.4, 0.5) is 0 Å². The molecule has 110 valence electrons. The summed E-state index contributed by atoms with van der Waals surface area (Å²) in [6, 6.07) is 0.503. The maximum absolute atomic E-state index is 5.41. The largest absolute Gasteiger partial charge is 0.382 e. The average molecular weight is 267 g/mol. The topological polar surface area (TPSA) is 39.1 Å². The van der Waals surface area contributed by atoms with Crippen molar-refractivity contribution in [3.05, 3.63) is 18.2 Å². The van der Waals surface area contributed by atoms with E-state index >= 15 is 0 Å². The Morgan fingerprint density at radius 1 is 1.37 bits per heavy atom. The van der Waals surface area contributed by atoms with Gasteiger partial charge in [-0.3, -0.25) is 0 Å². The van der Waals surface area contributed by atoms with Crippen LogP contribution in [0.3, 0.4) is 0 Å². The molecule has 0 aliphatic rings. The van der Waals surface area contributed by atoms with E-state index in [-0.39, 0.29) is 0 Å². The van der Waals surface area contributed by atoms with Crippen LogP contribution in [-0.2, 0) is 17.7 Å². The number of hydrogen-bond acceptors (Lipinski definition) is 3. The van der Waals surface area contributed by atoms with Crippen molar-refractivity contribution in [3.63, 3.8) is 0 Å². The molecule has 0 aliphatic heterocycles. The minimum Gasteiger partial charge on any atom is -0.382 e. The molecule has 0 spiro atoms. The highest BCUT2D eigenvalue weighted by molar-refractivity contribution is 4.95. The van der Waals surface area contributed by atoms with Gasteiger partial charge in [-0.25, -0.2) is 4.98 Å². The first-order valence-corrected chi connectivity index (χ1v) is 7.62. The Morgan fingerprint density at radius 3 is 2.89 bits per heavy atom. The van der Waals surface area contributed by atoms with Gasteiger partial charge in [0.25, 0.3) is 0 Å². The Labute approximate surface area is 117 Å². The van der Waals surface area contributed by atoms with Crippen molar-refractivity contribution in [1.82, 2.24) is 14.9 Å². The van der Waals surface area contributed by atoms with E-state index in [4.69, 9.17) is 4.74 Å². The molecule has 1 heterocycles. The third-order valence-electron chi connectivity index (χ3n) is 3.23. The van der Waals surface area contributed by atoms with Crippen LogP contribution in [0.2, 0.25) is 0 Å². The van der Waals surface area contributed by atoms with Crippen LogP contribution in [-0.4, -0.2) is 35.4 Å². The SMILES string of the molecule is CCCn1ccnc1CC(CCCOCC)NCC. The second-order valence-electron chi connectivity index (χ2n) is 4.83. The summed E-state index contributed by atoms with van der Waals surface area (Å²) in [7, 11) is 0. The summed E-state index contributed by atoms with van der Waals surface area (Å²) in [5.74, 6) is 1.20. The summed E-state index contributed by atoms with van der Waals surface area (Å²) in [6.45, 7) is 10.2. The van der Waals surface area contributed by atoms with E-state index in [9.17, 15) is 0 Å². The van der Waals surface area contributed by atoms with Crippen LogP contribution in [0.5, 0.6) is 0 Å². The number of ether oxygens (including phenoxy) is 1. The Bertz CT molecular complexity index is 325. The number of nitrogens with zero attached hydrogens (tertiary/aromatic N) is 2. The first-order valence-electron chi connectivity index (χ1n) is 7.62. The predicted octanol–water partition coefficient (Wildman–Crippen LogP) is 2.63. The number of likely N-dealkylation sites (N-methyl/N-ethyl adjacent to an activating group) is 1. The van der Waals surface area contributed by atoms with Gasteiger partial charge >= 0.3 is 0 Å². The maximum atomic E-state index is 5.41. The predicted molar refractivity (Wildman–Crippen MR) is 79.4 cm³/mol. The highest BCUT2D eigenvalue weighted by atomic mass is 16.5. The van der Waals surface area contributed by atoms with Crippen LogP contribution in [0.1, 0.15) is 45.9 Å². The van der Waals surface area contributed by atoms with Crippen LogP contribution < -0.4 is 5.32 Å². The molecule has 0 aliphatic carbocycles. The number of nitrogens with one attached hydrogen (secondary N) is 1. The van der Waals surface area contributed by atoms with E-state index in [1.807, 2.05) is 13.1 Å². The van der Waals surface area contributed by atoms with Crippen LogP contribution >= 0.6 is 0 Å². The molecule has 0 saturated carbocycles. The highest BCUT2D eigenvalue weighted by Gasteiger charge is 2.11. The Hall–Kier alpha value is -0.870. The average Bonchev–Trinajstić information content (AvgIpc) is 2.83. The summed E-state index contributed by atoms with van der Waals surface area (Å²) in [5, 5.41) is 3.56. The number of aryl methyl sites for hydroxylation is 1. The Morgan fingerprint density at radius 2 is 2.21 bits per heavy atom. The fourth-order valence-corrected chi connectivity index (χ4v) is 2.34. The maximum Gasteiger partial charge on any atom is 0.110 e. The molecular formula is C15H29N3O. The second kappa shape index (κ2) is 9.98. The third-order valence-corrected chi connectivity index (χ3v) is 3.23. The van der Waals surface area contributed by atoms with Crippen molar-refractivity contribution in [2.45, 2.75) is 59.0 Å². The Kier molecular flexibility index (Phi) is 8.50. The molecule has 1 unspecified atom stereocenters. The minimum absolute atomic E-state index is 0.503. The first kappa shape index (κ1) is 16.2. The summed E-state index contributed by atoms with van der Waals surface area (Å²) in [4.78, 5) is 4.49. The second-order valence-corrected chi connectivity index (χ2v) is 4.83. The lowest BCUT2D eigenvalue weighted by Crippen LogP contribution is -2.32. The zero-order valence-corrected chi connectivity index (χ0v) is 12.7. The molecule has 1 N–H and O–H groups in total. The summed E-state index contributed by atoms with van der Waals surface area (Å²) >= 11 is 0. The third kappa shape index (κ3) is 6.21. The quantitative estimate of drug-likeness (QED) is 0.626. The zero-order chi connectivity index (χ0) is 13.9. The first-order chi connectivity index (χ1) is 9.31. The van der Waals surface area contributed by atoms with Crippen molar-refractivity contribution in [2.75, 3.05) is 19.8 Å². The van der Waals surface area contributed by atoms with Gasteiger partial charge in [-0.15, -0.1) is 0 Å². The molecule has 4 nitrogen and oxygen atoms in total. The fraction of sp³-hybridized carbons (Fsp3) is 0.800. The molecule has 1 aromatic rings. The van der Waals surface area contributed by atoms with Crippen molar-refractivity contribution in [1.29, 1.82) is 0 Å². The summed E-state index contributed by atoms with van der Waals surface area (Å²) < 4.78 is 7.68. The Balaban J connectivity index is 2.44. The van der Waals surface area contributed by atoms with Crippen LogP contribution in [0.25, 0.3) is 0 Å². The lowest BCUT2D eigenvalue weighted by atomic mass is 10.1. The van der Waals surface area contributed by atoms with E-state index < -0.39 is 0 Å². The van der Waals surface area contributed by atoms with Gasteiger partial charge in [-0.05, 0) is 32.7 Å². The van der Waals surface area contributed by atoms with Gasteiger partial charge in [0.15, 0.2) is 0 Å². The molecule has 1 rings (SSSR count). The van der Waals surface area contributed by atoms with Crippen LogP contribution in [0.15, 0.2) is 12.4 Å². The van der Waals surface area contributed by atoms with Gasteiger partial charge in [0.05, 0.1) is 0 Å². The monoisotopic (exact) mass is 267 g/mol. The molecule has 0 bridgehead atoms. The molecule has 0 fully saturated rings. The minimum atomic E-state index is 0.503. The molecule has 0 saturated heterocycles. The van der Waals surface area contributed by atoms with Gasteiger partial charge in [-0.2, -0.15) is 0 Å². The lowest BCUT2D eigenvalue weighted by molar-refractivity contribution is 0.140. The van der Waals surface area contributed by atoms with Gasteiger partial charge in [0.2, 0.25) is 0 Å². The molecule has 19 heavy (non-hydrogen) atoms. The standard InChI is InChI=1S/C15H29N3O/c1-4-10-18-11-9-17-15(18)13-14(16-5-2)8-7-12-19-6-3/h9,11,14,16H,4-8,10,12-13H2,1-3H3. The van der Waals surface area contributed by atoms with E-state index in [1.165, 1.54) is 5.82 Å². The molecule has 0 aromatic carbocycles. The summed E-state index contributed by atoms with van der Waals surface area (Å²) in [6.07, 6.45) is 8.41. The van der Waals surface area contributed by atoms with Crippen molar-refractivity contribution in [3.8, 4) is 0 Å². The number of hydrogen-bond donors (Lipinski definition) is 1. The lowest BCUT2D eigenvalue weighted by Gasteiger charge is -2.18. The molecule has 0 amide bonds. The van der Waals surface area contributed by atoms with Crippen LogP contribution in [0, 0.1) is 0 Å². The molecule has 4 heteroatoms. The van der Waals surface area contributed by atoms with Gasteiger partial charge in [0.1, 0.15) is 5.82 Å². The smallest absolute Gasteiger partial charge is 0.110 e. The molecule has 0 radical (unpaired) electrons. The fourth-order valence-electron chi connectivity index (χ4n) is 2.34. The van der Waals surface area contributed by atoms with E-state index in [1.54, 1.807) is 0 Å². The normalized spacial score (nSPS) is 12.8. The summed E-state index contributed by atoms with van der Waals surface area (Å²) in [5.41, 5.74) is 0. The van der Waals surface area contributed by atoms with Gasteiger partial charge in [-0.1, -0.05) is 13.8 Å². The van der Waals surface area contributed by atoms with E-state index in [2.05, 4.69) is 34.9 Å². The van der Waals surface area contributed by atoms with Crippen molar-refractivity contribution in [2.24, 2.45) is 0 Å². The highest BCUT2D eigenvalue weighted by Crippen LogP contribution is 2.08.